The van der Waals surface area contributed by atoms with Crippen molar-refractivity contribution in [2.75, 3.05) is 13.1 Å². The average molecular weight is 383 g/mol. The van der Waals surface area contributed by atoms with Gasteiger partial charge in [-0.3, -0.25) is 9.78 Å². The first-order chi connectivity index (χ1) is 13.0. The van der Waals surface area contributed by atoms with Gasteiger partial charge in [-0.05, 0) is 43.3 Å². The van der Waals surface area contributed by atoms with Crippen LogP contribution in [0.2, 0.25) is 0 Å². The topological polar surface area (TPSA) is 57.3 Å². The fourth-order valence-electron chi connectivity index (χ4n) is 3.43. The van der Waals surface area contributed by atoms with Crippen LogP contribution in [0, 0.1) is 5.92 Å². The molecule has 1 fully saturated rings. The van der Waals surface area contributed by atoms with E-state index in [0.717, 1.165) is 12.1 Å². The van der Waals surface area contributed by atoms with Crippen LogP contribution in [-0.4, -0.2) is 40.0 Å². The molecule has 2 atom stereocenters. The summed E-state index contributed by atoms with van der Waals surface area (Å²) in [4.78, 5) is 19.2. The first-order valence-corrected chi connectivity index (χ1v) is 9.72. The van der Waals surface area contributed by atoms with Crippen molar-refractivity contribution in [1.29, 1.82) is 0 Å². The molecule has 0 saturated carbocycles. The molecule has 0 bridgehead atoms. The Morgan fingerprint density at radius 3 is 2.67 bits per heavy atom. The van der Waals surface area contributed by atoms with Gasteiger partial charge in [0.2, 0.25) is 5.91 Å². The number of pyridine rings is 1. The Kier molecular flexibility index (Phi) is 6.40. The summed E-state index contributed by atoms with van der Waals surface area (Å²) >= 11 is 5.55. The summed E-state index contributed by atoms with van der Waals surface area (Å²) in [6.07, 6.45) is 3.51. The van der Waals surface area contributed by atoms with Crippen molar-refractivity contribution in [3.05, 3.63) is 66.0 Å². The number of nitrogens with one attached hydrogen (secondary N) is 2. The van der Waals surface area contributed by atoms with Gasteiger partial charge in [-0.25, -0.2) is 0 Å². The number of hydrogen-bond acceptors (Lipinski definition) is 3. The molecule has 1 aliphatic heterocycles. The van der Waals surface area contributed by atoms with Crippen molar-refractivity contribution < 1.29 is 4.79 Å². The first-order valence-electron chi connectivity index (χ1n) is 9.31. The second kappa shape index (κ2) is 8.95. The van der Waals surface area contributed by atoms with Gasteiger partial charge >= 0.3 is 0 Å². The van der Waals surface area contributed by atoms with Crippen LogP contribution >= 0.6 is 12.2 Å². The Morgan fingerprint density at radius 2 is 2.00 bits per heavy atom. The van der Waals surface area contributed by atoms with E-state index in [4.69, 9.17) is 12.2 Å². The number of carbonyl (C=O) groups excluding carboxylic acids is 1. The zero-order chi connectivity index (χ0) is 19.2. The Labute approximate surface area is 166 Å². The standard InChI is InChI=1S/C21H26N4OS/c1-15(2)24-21(27)25-13-18(17-8-4-3-5-9-17)19(14-25)20(26)23-12-16-7-6-10-22-11-16/h3-11,15,18-19H,12-14H2,1-2H3,(H,23,26)(H,24,27)/t18-,19-/m1/s1. The molecule has 1 aliphatic rings. The van der Waals surface area contributed by atoms with Crippen LogP contribution < -0.4 is 10.6 Å². The maximum absolute atomic E-state index is 13.0. The minimum atomic E-state index is -0.143. The zero-order valence-corrected chi connectivity index (χ0v) is 16.6. The number of thiocarbonyl (C=S) groups is 1. The van der Waals surface area contributed by atoms with Crippen LogP contribution in [0.15, 0.2) is 54.9 Å². The molecule has 3 rings (SSSR count). The highest BCUT2D eigenvalue weighted by Gasteiger charge is 2.39. The fourth-order valence-corrected chi connectivity index (χ4v) is 3.82. The van der Waals surface area contributed by atoms with E-state index in [1.807, 2.05) is 30.3 Å². The molecule has 0 unspecified atom stereocenters. The molecule has 1 aromatic carbocycles. The van der Waals surface area contributed by atoms with Gasteiger partial charge in [0.05, 0.1) is 5.92 Å². The van der Waals surface area contributed by atoms with Crippen LogP contribution in [0.4, 0.5) is 0 Å². The fraction of sp³-hybridized carbons (Fsp3) is 0.381. The Morgan fingerprint density at radius 1 is 1.22 bits per heavy atom. The molecule has 27 heavy (non-hydrogen) atoms. The van der Waals surface area contributed by atoms with Gasteiger partial charge < -0.3 is 15.5 Å². The summed E-state index contributed by atoms with van der Waals surface area (Å²) in [7, 11) is 0. The van der Waals surface area contributed by atoms with Gasteiger partial charge in [0.15, 0.2) is 5.11 Å². The molecular weight excluding hydrogens is 356 g/mol. The van der Waals surface area contributed by atoms with Crippen LogP contribution in [0.3, 0.4) is 0 Å². The van der Waals surface area contributed by atoms with Crippen molar-refractivity contribution in [2.24, 2.45) is 5.92 Å². The van der Waals surface area contributed by atoms with E-state index in [0.29, 0.717) is 18.2 Å². The molecule has 2 aromatic rings. The van der Waals surface area contributed by atoms with Crippen molar-refractivity contribution in [2.45, 2.75) is 32.4 Å². The largest absolute Gasteiger partial charge is 0.360 e. The monoisotopic (exact) mass is 382 g/mol. The lowest BCUT2D eigenvalue weighted by atomic mass is 9.88. The number of benzene rings is 1. The van der Waals surface area contributed by atoms with E-state index in [-0.39, 0.29) is 23.8 Å². The van der Waals surface area contributed by atoms with Gasteiger partial charge in [0.25, 0.3) is 0 Å². The minimum absolute atomic E-state index is 0.0579. The third-order valence-electron chi connectivity index (χ3n) is 4.77. The zero-order valence-electron chi connectivity index (χ0n) is 15.8. The summed E-state index contributed by atoms with van der Waals surface area (Å²) in [5.41, 5.74) is 2.17. The quantitative estimate of drug-likeness (QED) is 0.779. The number of rotatable bonds is 5. The lowest BCUT2D eigenvalue weighted by molar-refractivity contribution is -0.125. The molecule has 0 radical (unpaired) electrons. The summed E-state index contributed by atoms with van der Waals surface area (Å²) < 4.78 is 0. The molecule has 1 amide bonds. The first kappa shape index (κ1) is 19.3. The highest BCUT2D eigenvalue weighted by atomic mass is 32.1. The maximum atomic E-state index is 13.0. The number of amides is 1. The van der Waals surface area contributed by atoms with Gasteiger partial charge in [0.1, 0.15) is 0 Å². The van der Waals surface area contributed by atoms with Crippen LogP contribution in [0.5, 0.6) is 0 Å². The highest BCUT2D eigenvalue weighted by Crippen LogP contribution is 2.33. The number of nitrogens with zero attached hydrogens (tertiary/aromatic N) is 2. The third-order valence-corrected chi connectivity index (χ3v) is 5.15. The molecule has 0 spiro atoms. The normalized spacial score (nSPS) is 19.1. The highest BCUT2D eigenvalue weighted by molar-refractivity contribution is 7.80. The molecule has 2 N–H and O–H groups in total. The summed E-state index contributed by atoms with van der Waals surface area (Å²) in [6, 6.07) is 14.3. The molecule has 1 aromatic heterocycles. The SMILES string of the molecule is CC(C)NC(=S)N1C[C@H](c2ccccc2)[C@H](C(=O)NCc2cccnc2)C1. The van der Waals surface area contributed by atoms with Crippen LogP contribution in [-0.2, 0) is 11.3 Å². The second-order valence-electron chi connectivity index (χ2n) is 7.21. The van der Waals surface area contributed by atoms with Gasteiger partial charge in [0, 0.05) is 44.0 Å². The molecule has 0 aliphatic carbocycles. The van der Waals surface area contributed by atoms with Crippen LogP contribution in [0.1, 0.15) is 30.9 Å². The lowest BCUT2D eigenvalue weighted by Gasteiger charge is -2.22. The third kappa shape index (κ3) is 5.04. The smallest absolute Gasteiger partial charge is 0.225 e. The second-order valence-corrected chi connectivity index (χ2v) is 7.60. The molecule has 142 valence electrons. The lowest BCUT2D eigenvalue weighted by Crippen LogP contribution is -2.42. The van der Waals surface area contributed by atoms with Gasteiger partial charge in [-0.15, -0.1) is 0 Å². The van der Waals surface area contributed by atoms with E-state index in [2.05, 4.69) is 46.5 Å². The molecule has 5 nitrogen and oxygen atoms in total. The molecule has 2 heterocycles. The van der Waals surface area contributed by atoms with E-state index < -0.39 is 0 Å². The summed E-state index contributed by atoms with van der Waals surface area (Å²) in [5.74, 6) is 0.0329. The Balaban J connectivity index is 1.72. The number of aromatic nitrogens is 1. The molecule has 1 saturated heterocycles. The predicted octanol–water partition coefficient (Wildman–Crippen LogP) is 2.70. The van der Waals surface area contributed by atoms with Crippen molar-refractivity contribution in [3.63, 3.8) is 0 Å². The van der Waals surface area contributed by atoms with Crippen molar-refractivity contribution >= 4 is 23.2 Å². The van der Waals surface area contributed by atoms with E-state index >= 15 is 0 Å². The number of hydrogen-bond donors (Lipinski definition) is 2. The van der Waals surface area contributed by atoms with Crippen molar-refractivity contribution in [3.8, 4) is 0 Å². The average Bonchev–Trinajstić information content (AvgIpc) is 3.13. The summed E-state index contributed by atoms with van der Waals surface area (Å²) in [5, 5.41) is 7.08. The number of likely N-dealkylation sites (tertiary alicyclic amines) is 1. The Bertz CT molecular complexity index is 766. The van der Waals surface area contributed by atoms with E-state index in [1.165, 1.54) is 5.56 Å². The molecular formula is C21H26N4OS. The summed E-state index contributed by atoms with van der Waals surface area (Å²) in [6.45, 7) is 5.98. The van der Waals surface area contributed by atoms with Gasteiger partial charge in [-0.2, -0.15) is 0 Å². The Hall–Kier alpha value is -2.47. The number of carbonyl (C=O) groups is 1. The molecule has 6 heteroatoms. The minimum Gasteiger partial charge on any atom is -0.360 e. The van der Waals surface area contributed by atoms with E-state index in [9.17, 15) is 4.79 Å². The van der Waals surface area contributed by atoms with E-state index in [1.54, 1.807) is 12.4 Å². The van der Waals surface area contributed by atoms with Gasteiger partial charge in [-0.1, -0.05) is 36.4 Å². The van der Waals surface area contributed by atoms with Crippen LogP contribution in [0.25, 0.3) is 0 Å². The predicted molar refractivity (Wildman–Crippen MR) is 111 cm³/mol. The maximum Gasteiger partial charge on any atom is 0.225 e. The van der Waals surface area contributed by atoms with Crippen molar-refractivity contribution in [1.82, 2.24) is 20.5 Å².